The molecule has 0 fully saturated rings. The lowest BCUT2D eigenvalue weighted by Crippen LogP contribution is -2.48. The smallest absolute Gasteiger partial charge is 0.323 e. The number of rotatable bonds is 12. The van der Waals surface area contributed by atoms with Crippen molar-refractivity contribution >= 4 is 38.6 Å². The molecule has 0 unspecified atom stereocenters. The zero-order chi connectivity index (χ0) is 29.7. The standard InChI is InChI=1S/C29H34N6O5S/c1-18-14-19(2)27(20(3)15-18)41(39,40)34-24(29(37)38)17-32-28(36)21-10-11-22-23(33-35(4)25(22)16-21)8-7-13-31-26-9-5-6-12-30-26/h5-6,9-12,14-16,24,34H,7-8,13,17H2,1-4H3,(H,30,31)(H,32,36)(H,37,38)/t24-/m0/s1. The van der Waals surface area contributed by atoms with E-state index >= 15 is 0 Å². The molecule has 0 spiro atoms. The summed E-state index contributed by atoms with van der Waals surface area (Å²) in [6.45, 7) is 5.46. The minimum Gasteiger partial charge on any atom is -0.480 e. The third-order valence-corrected chi connectivity index (χ3v) is 8.46. The number of nitrogens with zero attached hydrogens (tertiary/aromatic N) is 3. The maximum absolute atomic E-state index is 13.1. The highest BCUT2D eigenvalue weighted by molar-refractivity contribution is 7.89. The van der Waals surface area contributed by atoms with Crippen LogP contribution in [0.1, 0.15) is 39.2 Å². The van der Waals surface area contributed by atoms with Crippen LogP contribution in [0, 0.1) is 20.8 Å². The Labute approximate surface area is 239 Å². The number of aromatic nitrogens is 3. The van der Waals surface area contributed by atoms with Crippen LogP contribution in [0.2, 0.25) is 0 Å². The molecule has 2 aromatic heterocycles. The number of aliphatic carboxylic acids is 1. The summed E-state index contributed by atoms with van der Waals surface area (Å²) in [7, 11) is -2.36. The molecule has 1 atom stereocenters. The van der Waals surface area contributed by atoms with E-state index in [1.807, 2.05) is 31.2 Å². The van der Waals surface area contributed by atoms with E-state index in [1.165, 1.54) is 0 Å². The van der Waals surface area contributed by atoms with Gasteiger partial charge in [0.2, 0.25) is 10.0 Å². The van der Waals surface area contributed by atoms with E-state index in [1.54, 1.807) is 56.0 Å². The monoisotopic (exact) mass is 578 g/mol. The first-order valence-corrected chi connectivity index (χ1v) is 14.7. The van der Waals surface area contributed by atoms with Crippen molar-refractivity contribution < 1.29 is 23.1 Å². The molecule has 0 aliphatic rings. The number of carbonyl (C=O) groups excluding carboxylic acids is 1. The molecule has 216 valence electrons. The molecule has 0 aliphatic carbocycles. The largest absolute Gasteiger partial charge is 0.480 e. The van der Waals surface area contributed by atoms with E-state index in [0.717, 1.165) is 47.4 Å². The number of hydrogen-bond donors (Lipinski definition) is 4. The van der Waals surface area contributed by atoms with E-state index in [-0.39, 0.29) is 4.90 Å². The van der Waals surface area contributed by atoms with Crippen LogP contribution in [0.25, 0.3) is 10.9 Å². The Morgan fingerprint density at radius 3 is 2.44 bits per heavy atom. The van der Waals surface area contributed by atoms with Gasteiger partial charge in [-0.2, -0.15) is 9.82 Å². The third-order valence-electron chi connectivity index (χ3n) is 6.69. The Kier molecular flexibility index (Phi) is 9.04. The molecule has 11 nitrogen and oxygen atoms in total. The number of hydrogen-bond acceptors (Lipinski definition) is 7. The number of carboxylic acid groups (broad SMARTS) is 1. The number of carboxylic acids is 1. The summed E-state index contributed by atoms with van der Waals surface area (Å²) in [4.78, 5) is 29.1. The molecule has 4 N–H and O–H groups in total. The fourth-order valence-corrected chi connectivity index (χ4v) is 6.55. The lowest BCUT2D eigenvalue weighted by atomic mass is 10.1. The molecule has 4 rings (SSSR count). The van der Waals surface area contributed by atoms with E-state index in [4.69, 9.17) is 0 Å². The summed E-state index contributed by atoms with van der Waals surface area (Å²) in [6.07, 6.45) is 3.29. The van der Waals surface area contributed by atoms with Gasteiger partial charge in [0.1, 0.15) is 11.9 Å². The average molecular weight is 579 g/mol. The van der Waals surface area contributed by atoms with Gasteiger partial charge in [-0.05, 0) is 69.0 Å². The Morgan fingerprint density at radius 1 is 1.05 bits per heavy atom. The first kappa shape index (κ1) is 29.7. The number of aryl methyl sites for hydroxylation is 5. The predicted octanol–water partition coefficient (Wildman–Crippen LogP) is 3.10. The Morgan fingerprint density at radius 2 is 1.78 bits per heavy atom. The number of nitrogens with one attached hydrogen (secondary N) is 3. The van der Waals surface area contributed by atoms with Crippen molar-refractivity contribution in [2.24, 2.45) is 7.05 Å². The molecule has 0 saturated carbocycles. The van der Waals surface area contributed by atoms with Crippen LogP contribution in [-0.4, -0.2) is 59.3 Å². The summed E-state index contributed by atoms with van der Waals surface area (Å²) in [5.74, 6) is -1.12. The molecule has 12 heteroatoms. The molecule has 2 heterocycles. The maximum atomic E-state index is 13.1. The Hall–Kier alpha value is -4.29. The topological polar surface area (TPSA) is 155 Å². The molecule has 0 bridgehead atoms. The minimum atomic E-state index is -4.15. The van der Waals surface area contributed by atoms with Crippen molar-refractivity contribution in [3.05, 3.63) is 82.7 Å². The normalized spacial score (nSPS) is 12.3. The molecule has 41 heavy (non-hydrogen) atoms. The highest BCUT2D eigenvalue weighted by Gasteiger charge is 2.28. The predicted molar refractivity (Wildman–Crippen MR) is 156 cm³/mol. The lowest BCUT2D eigenvalue weighted by Gasteiger charge is -2.18. The Balaban J connectivity index is 1.40. The molecule has 4 aromatic rings. The van der Waals surface area contributed by atoms with Gasteiger partial charge in [0.25, 0.3) is 5.91 Å². The number of fused-ring (bicyclic) bond motifs is 1. The number of amides is 1. The summed E-state index contributed by atoms with van der Waals surface area (Å²) in [5, 5.41) is 21.0. The van der Waals surface area contributed by atoms with Gasteiger partial charge >= 0.3 is 5.97 Å². The first-order chi connectivity index (χ1) is 19.5. The van der Waals surface area contributed by atoms with Crippen LogP contribution in [0.3, 0.4) is 0 Å². The quantitative estimate of drug-likeness (QED) is 0.187. The molecule has 0 saturated heterocycles. The minimum absolute atomic E-state index is 0.0330. The second-order valence-electron chi connectivity index (χ2n) is 10.00. The number of pyridine rings is 1. The maximum Gasteiger partial charge on any atom is 0.323 e. The fraction of sp³-hybridized carbons (Fsp3) is 0.310. The van der Waals surface area contributed by atoms with Crippen LogP contribution in [0.4, 0.5) is 5.82 Å². The van der Waals surface area contributed by atoms with Gasteiger partial charge in [-0.1, -0.05) is 29.8 Å². The van der Waals surface area contributed by atoms with Crippen LogP contribution in [0.15, 0.2) is 59.6 Å². The number of anilines is 1. The Bertz CT molecular complexity index is 1660. The van der Waals surface area contributed by atoms with Gasteiger partial charge in [0, 0.05) is 37.3 Å². The molecule has 2 aromatic carbocycles. The number of carbonyl (C=O) groups is 2. The van der Waals surface area contributed by atoms with Gasteiger partial charge in [-0.25, -0.2) is 13.4 Å². The molecule has 1 amide bonds. The van der Waals surface area contributed by atoms with Gasteiger partial charge < -0.3 is 15.7 Å². The van der Waals surface area contributed by atoms with Crippen molar-refractivity contribution in [3.63, 3.8) is 0 Å². The summed E-state index contributed by atoms with van der Waals surface area (Å²) in [6, 6.07) is 12.7. The van der Waals surface area contributed by atoms with Gasteiger partial charge in [0.15, 0.2) is 0 Å². The zero-order valence-electron chi connectivity index (χ0n) is 23.4. The summed E-state index contributed by atoms with van der Waals surface area (Å²) < 4.78 is 30.1. The second-order valence-corrected chi connectivity index (χ2v) is 11.6. The van der Waals surface area contributed by atoms with E-state index in [2.05, 4.69) is 25.4 Å². The van der Waals surface area contributed by atoms with E-state index in [0.29, 0.717) is 16.7 Å². The van der Waals surface area contributed by atoms with Crippen LogP contribution in [-0.2, 0) is 28.3 Å². The van der Waals surface area contributed by atoms with Crippen molar-refractivity contribution in [2.75, 3.05) is 18.4 Å². The van der Waals surface area contributed by atoms with E-state index < -0.39 is 34.5 Å². The lowest BCUT2D eigenvalue weighted by molar-refractivity contribution is -0.138. The summed E-state index contributed by atoms with van der Waals surface area (Å²) in [5.41, 5.74) is 3.88. The van der Waals surface area contributed by atoms with Crippen LogP contribution in [0.5, 0.6) is 0 Å². The van der Waals surface area contributed by atoms with Gasteiger partial charge in [-0.3, -0.25) is 14.3 Å². The average Bonchev–Trinajstić information content (AvgIpc) is 3.23. The second kappa shape index (κ2) is 12.5. The number of benzene rings is 2. The molecule has 0 aliphatic heterocycles. The SMILES string of the molecule is Cc1cc(C)c(S(=O)(=O)N[C@@H](CNC(=O)c2ccc3c(CCCNc4ccccn4)nn(C)c3c2)C(=O)O)c(C)c1. The molecule has 0 radical (unpaired) electrons. The van der Waals surface area contributed by atoms with Crippen molar-refractivity contribution in [1.82, 2.24) is 24.8 Å². The third kappa shape index (κ3) is 7.08. The van der Waals surface area contributed by atoms with Crippen molar-refractivity contribution in [1.29, 1.82) is 0 Å². The first-order valence-electron chi connectivity index (χ1n) is 13.2. The zero-order valence-corrected chi connectivity index (χ0v) is 24.2. The van der Waals surface area contributed by atoms with Crippen LogP contribution < -0.4 is 15.4 Å². The van der Waals surface area contributed by atoms with Gasteiger partial charge in [0.05, 0.1) is 16.1 Å². The number of sulfonamides is 1. The summed E-state index contributed by atoms with van der Waals surface area (Å²) >= 11 is 0. The van der Waals surface area contributed by atoms with Crippen LogP contribution >= 0.6 is 0 Å². The van der Waals surface area contributed by atoms with E-state index in [9.17, 15) is 23.1 Å². The highest BCUT2D eigenvalue weighted by atomic mass is 32.2. The molecular formula is C29H34N6O5S. The molecular weight excluding hydrogens is 544 g/mol. The highest BCUT2D eigenvalue weighted by Crippen LogP contribution is 2.23. The van der Waals surface area contributed by atoms with Gasteiger partial charge in [-0.15, -0.1) is 0 Å². The van der Waals surface area contributed by atoms with Crippen molar-refractivity contribution in [3.8, 4) is 0 Å². The fourth-order valence-electron chi connectivity index (χ4n) is 4.91. The van der Waals surface area contributed by atoms with Crippen molar-refractivity contribution in [2.45, 2.75) is 44.6 Å².